The first-order valence-electron chi connectivity index (χ1n) is 28.7. The fraction of sp³-hybridized carbons (Fsp3) is 0.912. The van der Waals surface area contributed by atoms with Crippen molar-refractivity contribution in [2.24, 2.45) is 0 Å². The number of nitrogens with zero attached hydrogens (tertiary/aromatic N) is 1. The largest absolute Gasteiger partial charge is 0.472 e. The summed E-state index contributed by atoms with van der Waals surface area (Å²) < 4.78 is 23.7. The van der Waals surface area contributed by atoms with Gasteiger partial charge in [0.05, 0.1) is 39.9 Å². The van der Waals surface area contributed by atoms with Crippen molar-refractivity contribution in [3.63, 3.8) is 0 Å². The molecule has 0 rings (SSSR count). The fourth-order valence-corrected chi connectivity index (χ4v) is 9.38. The Hall–Kier alpha value is -1.02. The van der Waals surface area contributed by atoms with E-state index in [1.54, 1.807) is 6.08 Å². The topological polar surface area (TPSA) is 105 Å². The Morgan fingerprint density at radius 3 is 1.21 bits per heavy atom. The summed E-state index contributed by atoms with van der Waals surface area (Å²) in [5.74, 6) is -0.182. The van der Waals surface area contributed by atoms with Crippen molar-refractivity contribution in [3.05, 3.63) is 24.3 Å². The zero-order valence-electron chi connectivity index (χ0n) is 44.7. The van der Waals surface area contributed by atoms with Gasteiger partial charge >= 0.3 is 7.82 Å². The van der Waals surface area contributed by atoms with Gasteiger partial charge in [-0.05, 0) is 32.1 Å². The number of likely N-dealkylation sites (N-methyl/N-ethyl adjacent to an activating group) is 1. The molecule has 3 atom stereocenters. The van der Waals surface area contributed by atoms with Crippen LogP contribution < -0.4 is 5.32 Å². The minimum Gasteiger partial charge on any atom is -0.387 e. The Morgan fingerprint density at radius 2 is 0.833 bits per heavy atom. The smallest absolute Gasteiger partial charge is 0.387 e. The molecule has 0 spiro atoms. The van der Waals surface area contributed by atoms with E-state index in [1.807, 2.05) is 27.2 Å². The SMILES string of the molecule is CCCCCCCCCCCCCCCCCCCCCCCCC/C=C/CC/C=C/C(O)C(COP(=O)(O)OCC[N+](C)(C)C)NC(=O)CCCCCCCCCCCCCCCCC. The number of phosphoric ester groups is 1. The number of unbranched alkanes of at least 4 members (excludes halogenated alkanes) is 38. The molecular formula is C57H114N2O6P+. The highest BCUT2D eigenvalue weighted by atomic mass is 31.2. The minimum atomic E-state index is -4.35. The number of allylic oxidation sites excluding steroid dienone is 3. The van der Waals surface area contributed by atoms with E-state index >= 15 is 0 Å². The lowest BCUT2D eigenvalue weighted by Gasteiger charge is -2.25. The first-order valence-corrected chi connectivity index (χ1v) is 30.2. The molecule has 3 N–H and O–H groups in total. The van der Waals surface area contributed by atoms with Crippen LogP contribution in [0.1, 0.15) is 284 Å². The third kappa shape index (κ3) is 50.8. The van der Waals surface area contributed by atoms with Crippen LogP contribution in [0.5, 0.6) is 0 Å². The van der Waals surface area contributed by atoms with Crippen LogP contribution >= 0.6 is 7.82 Å². The molecule has 0 radical (unpaired) electrons. The summed E-state index contributed by atoms with van der Waals surface area (Å²) in [6.45, 7) is 4.83. The zero-order valence-corrected chi connectivity index (χ0v) is 45.6. The maximum atomic E-state index is 12.9. The maximum absolute atomic E-state index is 12.9. The van der Waals surface area contributed by atoms with Crippen molar-refractivity contribution in [2.45, 2.75) is 296 Å². The third-order valence-electron chi connectivity index (χ3n) is 13.2. The van der Waals surface area contributed by atoms with Crippen LogP contribution in [0, 0.1) is 0 Å². The van der Waals surface area contributed by atoms with Gasteiger partial charge in [0.1, 0.15) is 13.2 Å². The summed E-state index contributed by atoms with van der Waals surface area (Å²) in [6, 6.07) is -0.859. The molecule has 8 nitrogen and oxygen atoms in total. The lowest BCUT2D eigenvalue weighted by Crippen LogP contribution is -2.45. The monoisotopic (exact) mass is 954 g/mol. The van der Waals surface area contributed by atoms with Gasteiger partial charge in [-0.15, -0.1) is 0 Å². The summed E-state index contributed by atoms with van der Waals surface area (Å²) >= 11 is 0. The molecule has 0 heterocycles. The van der Waals surface area contributed by atoms with Crippen molar-refractivity contribution in [2.75, 3.05) is 40.9 Å². The molecule has 0 aliphatic carbocycles. The van der Waals surface area contributed by atoms with Crippen LogP contribution in [0.3, 0.4) is 0 Å². The third-order valence-corrected chi connectivity index (χ3v) is 14.2. The van der Waals surface area contributed by atoms with Crippen molar-refractivity contribution in [3.8, 4) is 0 Å². The molecule has 0 aromatic heterocycles. The van der Waals surface area contributed by atoms with E-state index in [0.29, 0.717) is 17.4 Å². The van der Waals surface area contributed by atoms with Crippen LogP contribution in [0.15, 0.2) is 24.3 Å². The van der Waals surface area contributed by atoms with Crippen molar-refractivity contribution in [1.29, 1.82) is 0 Å². The van der Waals surface area contributed by atoms with Crippen LogP contribution in [-0.4, -0.2) is 73.4 Å². The van der Waals surface area contributed by atoms with Crippen LogP contribution in [-0.2, 0) is 18.4 Å². The number of aliphatic hydroxyl groups excluding tert-OH is 1. The van der Waals surface area contributed by atoms with E-state index in [4.69, 9.17) is 9.05 Å². The fourth-order valence-electron chi connectivity index (χ4n) is 8.65. The zero-order chi connectivity index (χ0) is 48.5. The van der Waals surface area contributed by atoms with Crippen LogP contribution in [0.4, 0.5) is 0 Å². The Bertz CT molecular complexity index is 1130. The van der Waals surface area contributed by atoms with E-state index in [-0.39, 0.29) is 19.1 Å². The average molecular weight is 955 g/mol. The van der Waals surface area contributed by atoms with Gasteiger partial charge in [0.25, 0.3) is 0 Å². The highest BCUT2D eigenvalue weighted by Crippen LogP contribution is 2.43. The van der Waals surface area contributed by atoms with Crippen molar-refractivity contribution >= 4 is 13.7 Å². The molecule has 392 valence electrons. The van der Waals surface area contributed by atoms with Gasteiger partial charge in [0, 0.05) is 6.42 Å². The number of carbonyl (C=O) groups is 1. The molecule has 0 aliphatic heterocycles. The lowest BCUT2D eigenvalue weighted by atomic mass is 10.0. The quantitative estimate of drug-likeness (QED) is 0.0243. The number of phosphoric acid groups is 1. The number of hydrogen-bond acceptors (Lipinski definition) is 5. The van der Waals surface area contributed by atoms with E-state index in [9.17, 15) is 19.4 Å². The molecule has 0 aromatic carbocycles. The van der Waals surface area contributed by atoms with Crippen molar-refractivity contribution in [1.82, 2.24) is 5.32 Å². The van der Waals surface area contributed by atoms with E-state index in [1.165, 1.54) is 225 Å². The van der Waals surface area contributed by atoms with Gasteiger partial charge in [-0.2, -0.15) is 0 Å². The Morgan fingerprint density at radius 1 is 0.500 bits per heavy atom. The highest BCUT2D eigenvalue weighted by Gasteiger charge is 2.27. The van der Waals surface area contributed by atoms with Gasteiger partial charge in [0.15, 0.2) is 0 Å². The standard InChI is InChI=1S/C57H113N2O6P/c1-6-8-10-12-14-16-18-20-22-23-24-25-26-27-28-29-30-31-32-33-34-35-37-38-40-42-44-46-48-50-56(60)55(54-65-66(62,63)64-53-52-59(3,4)5)58-57(61)51-49-47-45-43-41-39-36-21-19-17-15-13-11-9-7-2/h40,42,48,50,55-56,60H,6-39,41,43-47,49,51-54H2,1-5H3,(H-,58,61,62,63)/p+1/b42-40+,50-48+. The number of amides is 1. The van der Waals surface area contributed by atoms with Gasteiger partial charge in [-0.25, -0.2) is 4.57 Å². The summed E-state index contributed by atoms with van der Waals surface area (Å²) in [7, 11) is 1.57. The average Bonchev–Trinajstić information content (AvgIpc) is 3.28. The predicted molar refractivity (Wildman–Crippen MR) is 286 cm³/mol. The molecule has 66 heavy (non-hydrogen) atoms. The predicted octanol–water partition coefficient (Wildman–Crippen LogP) is 17.2. The summed E-state index contributed by atoms with van der Waals surface area (Å²) in [5.41, 5.74) is 0. The first kappa shape index (κ1) is 65.0. The minimum absolute atomic E-state index is 0.0587. The number of quaternary nitrogens is 1. The molecule has 0 saturated heterocycles. The molecular weight excluding hydrogens is 840 g/mol. The molecule has 0 aliphatic rings. The number of nitrogens with one attached hydrogen (secondary N) is 1. The number of rotatable bonds is 53. The van der Waals surface area contributed by atoms with Gasteiger partial charge in [0.2, 0.25) is 5.91 Å². The molecule has 0 fully saturated rings. The molecule has 1 amide bonds. The number of carbonyl (C=O) groups excluding carboxylic acids is 1. The second kappa shape index (κ2) is 49.0. The number of hydrogen-bond donors (Lipinski definition) is 3. The van der Waals surface area contributed by atoms with Crippen LogP contribution in [0.2, 0.25) is 0 Å². The van der Waals surface area contributed by atoms with E-state index in [2.05, 4.69) is 31.3 Å². The second-order valence-corrected chi connectivity index (χ2v) is 22.5. The number of aliphatic hydroxyl groups is 1. The molecule has 0 bridgehead atoms. The lowest BCUT2D eigenvalue weighted by molar-refractivity contribution is -0.870. The molecule has 3 unspecified atom stereocenters. The van der Waals surface area contributed by atoms with Crippen molar-refractivity contribution < 1.29 is 32.9 Å². The molecule has 0 aromatic rings. The first-order chi connectivity index (χ1) is 32.0. The Balaban J connectivity index is 4.16. The maximum Gasteiger partial charge on any atom is 0.472 e. The summed E-state index contributed by atoms with van der Waals surface area (Å²) in [4.78, 5) is 23.2. The van der Waals surface area contributed by atoms with E-state index in [0.717, 1.165) is 38.5 Å². The molecule has 9 heteroatoms. The highest BCUT2D eigenvalue weighted by molar-refractivity contribution is 7.47. The Labute approximate surface area is 411 Å². The van der Waals surface area contributed by atoms with E-state index < -0.39 is 20.0 Å². The summed E-state index contributed by atoms with van der Waals surface area (Å²) in [5, 5.41) is 13.9. The van der Waals surface area contributed by atoms with Gasteiger partial charge < -0.3 is 19.8 Å². The van der Waals surface area contributed by atoms with Gasteiger partial charge in [-0.1, -0.05) is 269 Å². The second-order valence-electron chi connectivity index (χ2n) is 21.0. The Kier molecular flexibility index (Phi) is 48.2. The normalized spacial score (nSPS) is 14.1. The van der Waals surface area contributed by atoms with Crippen LogP contribution in [0.25, 0.3) is 0 Å². The summed E-state index contributed by atoms with van der Waals surface area (Å²) in [6.07, 6.45) is 61.5. The molecule has 0 saturated carbocycles. The van der Waals surface area contributed by atoms with Gasteiger partial charge in [-0.3, -0.25) is 13.8 Å².